The second-order valence-corrected chi connectivity index (χ2v) is 11.2. The van der Waals surface area contributed by atoms with Crippen molar-refractivity contribution in [2.75, 3.05) is 24.6 Å². The van der Waals surface area contributed by atoms with Crippen molar-refractivity contribution < 1.29 is 22.3 Å². The minimum Gasteiger partial charge on any atom is -0.383 e. The normalized spacial score (nSPS) is 14.3. The molecule has 186 valence electrons. The standard InChI is InChI=1S/C26H24FN3O4S2/c1-34-17-16-29-24-21(27)8-4-10-23(24)35-26(29)28-25(31)19-11-13-20(14-12-19)36(32,33)30-15-5-7-18-6-2-3-9-22(18)30/h2-4,6,8-14H,5,7,15-17H2,1H3. The van der Waals surface area contributed by atoms with Crippen molar-refractivity contribution in [1.82, 2.24) is 4.57 Å². The van der Waals surface area contributed by atoms with E-state index in [4.69, 9.17) is 4.74 Å². The molecule has 4 aromatic rings. The summed E-state index contributed by atoms with van der Waals surface area (Å²) in [5.41, 5.74) is 2.30. The Balaban J connectivity index is 1.47. The van der Waals surface area contributed by atoms with Gasteiger partial charge in [-0.15, -0.1) is 0 Å². The number of carbonyl (C=O) groups is 1. The Morgan fingerprint density at radius 3 is 2.64 bits per heavy atom. The van der Waals surface area contributed by atoms with Crippen LogP contribution in [0.4, 0.5) is 10.1 Å². The maximum absolute atomic E-state index is 14.5. The number of para-hydroxylation sites is 2. The minimum absolute atomic E-state index is 0.106. The van der Waals surface area contributed by atoms with E-state index in [1.54, 1.807) is 23.8 Å². The van der Waals surface area contributed by atoms with Gasteiger partial charge in [0.15, 0.2) is 4.80 Å². The van der Waals surface area contributed by atoms with Crippen LogP contribution in [0.1, 0.15) is 22.3 Å². The van der Waals surface area contributed by atoms with Crippen LogP contribution in [0.3, 0.4) is 0 Å². The number of carbonyl (C=O) groups excluding carboxylic acids is 1. The number of amides is 1. The Hall–Kier alpha value is -3.34. The van der Waals surface area contributed by atoms with Crippen LogP contribution in [-0.2, 0) is 27.7 Å². The summed E-state index contributed by atoms with van der Waals surface area (Å²) < 4.78 is 50.1. The van der Waals surface area contributed by atoms with E-state index in [2.05, 4.69) is 4.99 Å². The molecular weight excluding hydrogens is 501 g/mol. The molecule has 3 aromatic carbocycles. The molecule has 2 heterocycles. The molecule has 36 heavy (non-hydrogen) atoms. The molecule has 7 nitrogen and oxygen atoms in total. The van der Waals surface area contributed by atoms with E-state index in [1.165, 1.54) is 46.0 Å². The Morgan fingerprint density at radius 2 is 1.86 bits per heavy atom. The first-order chi connectivity index (χ1) is 17.4. The Morgan fingerprint density at radius 1 is 1.08 bits per heavy atom. The van der Waals surface area contributed by atoms with Crippen LogP contribution in [0.2, 0.25) is 0 Å². The molecule has 5 rings (SSSR count). The number of halogens is 1. The van der Waals surface area contributed by atoms with Gasteiger partial charge in [0.2, 0.25) is 0 Å². The van der Waals surface area contributed by atoms with Gasteiger partial charge in [-0.1, -0.05) is 35.6 Å². The summed E-state index contributed by atoms with van der Waals surface area (Å²) in [7, 11) is -2.23. The van der Waals surface area contributed by atoms with Crippen molar-refractivity contribution in [3.63, 3.8) is 0 Å². The topological polar surface area (TPSA) is 81.0 Å². The monoisotopic (exact) mass is 525 g/mol. The largest absolute Gasteiger partial charge is 0.383 e. The lowest BCUT2D eigenvalue weighted by atomic mass is 10.0. The summed E-state index contributed by atoms with van der Waals surface area (Å²) in [6, 6.07) is 18.0. The highest BCUT2D eigenvalue weighted by atomic mass is 32.2. The highest BCUT2D eigenvalue weighted by Gasteiger charge is 2.29. The summed E-state index contributed by atoms with van der Waals surface area (Å²) >= 11 is 1.21. The molecule has 0 aliphatic carbocycles. The zero-order valence-corrected chi connectivity index (χ0v) is 21.2. The number of hydrogen-bond donors (Lipinski definition) is 0. The molecule has 0 N–H and O–H groups in total. The quantitative estimate of drug-likeness (QED) is 0.374. The number of methoxy groups -OCH3 is 1. The van der Waals surface area contributed by atoms with Gasteiger partial charge in [0.05, 0.1) is 27.4 Å². The first-order valence-electron chi connectivity index (χ1n) is 11.5. The fourth-order valence-corrected chi connectivity index (χ4v) is 6.97. The maximum atomic E-state index is 14.5. The third-order valence-electron chi connectivity index (χ3n) is 6.12. The summed E-state index contributed by atoms with van der Waals surface area (Å²) in [5.74, 6) is -0.942. The Labute approximate surface area is 212 Å². The van der Waals surface area contributed by atoms with Crippen LogP contribution in [0, 0.1) is 5.82 Å². The lowest BCUT2D eigenvalue weighted by Crippen LogP contribution is -2.35. The van der Waals surface area contributed by atoms with Crippen LogP contribution in [0.15, 0.2) is 76.6 Å². The van der Waals surface area contributed by atoms with Gasteiger partial charge in [-0.2, -0.15) is 4.99 Å². The van der Waals surface area contributed by atoms with E-state index >= 15 is 0 Å². The first-order valence-corrected chi connectivity index (χ1v) is 13.7. The molecule has 0 unspecified atom stereocenters. The van der Waals surface area contributed by atoms with Gasteiger partial charge in [0.25, 0.3) is 15.9 Å². The van der Waals surface area contributed by atoms with Crippen LogP contribution >= 0.6 is 11.3 Å². The van der Waals surface area contributed by atoms with Crippen molar-refractivity contribution in [2.24, 2.45) is 4.99 Å². The van der Waals surface area contributed by atoms with E-state index in [-0.39, 0.29) is 10.5 Å². The molecule has 0 radical (unpaired) electrons. The number of fused-ring (bicyclic) bond motifs is 2. The number of nitrogens with zero attached hydrogens (tertiary/aromatic N) is 3. The van der Waals surface area contributed by atoms with Gasteiger partial charge < -0.3 is 9.30 Å². The number of aryl methyl sites for hydroxylation is 1. The Kier molecular flexibility index (Phi) is 6.74. The highest BCUT2D eigenvalue weighted by molar-refractivity contribution is 7.92. The van der Waals surface area contributed by atoms with Gasteiger partial charge in [-0.3, -0.25) is 9.10 Å². The number of anilines is 1. The van der Waals surface area contributed by atoms with E-state index < -0.39 is 21.7 Å². The highest BCUT2D eigenvalue weighted by Crippen LogP contribution is 2.31. The number of ether oxygens (including phenoxy) is 1. The molecule has 1 aromatic heterocycles. The van der Waals surface area contributed by atoms with Crippen molar-refractivity contribution in [2.45, 2.75) is 24.3 Å². The second kappa shape index (κ2) is 9.96. The molecule has 10 heteroatoms. The number of rotatable bonds is 6. The molecule has 1 aliphatic heterocycles. The summed E-state index contributed by atoms with van der Waals surface area (Å²) in [4.78, 5) is 17.7. The summed E-state index contributed by atoms with van der Waals surface area (Å²) in [6.07, 6.45) is 1.58. The zero-order valence-electron chi connectivity index (χ0n) is 19.6. The van der Waals surface area contributed by atoms with Gasteiger partial charge in [0.1, 0.15) is 5.82 Å². The predicted octanol–water partition coefficient (Wildman–Crippen LogP) is 4.37. The van der Waals surface area contributed by atoms with Crippen LogP contribution in [-0.4, -0.2) is 39.2 Å². The number of hydrogen-bond acceptors (Lipinski definition) is 5. The Bertz CT molecular complexity index is 1610. The summed E-state index contributed by atoms with van der Waals surface area (Å²) in [6.45, 7) is 1.06. The number of benzene rings is 3. The lowest BCUT2D eigenvalue weighted by Gasteiger charge is -2.30. The number of aromatic nitrogens is 1. The van der Waals surface area contributed by atoms with E-state index in [0.29, 0.717) is 40.4 Å². The third kappa shape index (κ3) is 4.47. The van der Waals surface area contributed by atoms with Gasteiger partial charge in [-0.25, -0.2) is 12.8 Å². The smallest absolute Gasteiger partial charge is 0.279 e. The molecule has 0 bridgehead atoms. The van der Waals surface area contributed by atoms with Crippen molar-refractivity contribution in [3.8, 4) is 0 Å². The van der Waals surface area contributed by atoms with Crippen molar-refractivity contribution >= 4 is 43.2 Å². The molecule has 0 atom stereocenters. The predicted molar refractivity (Wildman–Crippen MR) is 137 cm³/mol. The molecule has 1 amide bonds. The van der Waals surface area contributed by atoms with Gasteiger partial charge in [-0.05, 0) is 60.9 Å². The molecule has 0 saturated carbocycles. The van der Waals surface area contributed by atoms with Crippen LogP contribution in [0.5, 0.6) is 0 Å². The lowest BCUT2D eigenvalue weighted by molar-refractivity contribution is 0.0997. The van der Waals surface area contributed by atoms with Gasteiger partial charge in [0, 0.05) is 25.8 Å². The third-order valence-corrected chi connectivity index (χ3v) is 9.00. The average molecular weight is 526 g/mol. The fourth-order valence-electron chi connectivity index (χ4n) is 4.36. The summed E-state index contributed by atoms with van der Waals surface area (Å²) in [5, 5.41) is 0. The van der Waals surface area contributed by atoms with E-state index in [9.17, 15) is 17.6 Å². The molecule has 0 fully saturated rings. The van der Waals surface area contributed by atoms with E-state index in [1.807, 2.05) is 24.3 Å². The second-order valence-electron chi connectivity index (χ2n) is 8.37. The minimum atomic E-state index is -3.78. The van der Waals surface area contributed by atoms with E-state index in [0.717, 1.165) is 18.4 Å². The van der Waals surface area contributed by atoms with Gasteiger partial charge >= 0.3 is 0 Å². The zero-order chi connectivity index (χ0) is 25.3. The first kappa shape index (κ1) is 24.4. The molecular formula is C26H24FN3O4S2. The number of thiazole rings is 1. The fraction of sp³-hybridized carbons (Fsp3) is 0.231. The molecule has 1 aliphatic rings. The SMILES string of the molecule is COCCn1c(=NC(=O)c2ccc(S(=O)(=O)N3CCCc4ccccc43)cc2)sc2cccc(F)c21. The molecule has 0 spiro atoms. The average Bonchev–Trinajstić information content (AvgIpc) is 3.25. The van der Waals surface area contributed by atoms with Crippen molar-refractivity contribution in [1.29, 1.82) is 0 Å². The number of sulfonamides is 1. The maximum Gasteiger partial charge on any atom is 0.279 e. The molecule has 0 saturated heterocycles. The van der Waals surface area contributed by atoms with Crippen LogP contribution < -0.4 is 9.11 Å². The van der Waals surface area contributed by atoms with Crippen molar-refractivity contribution in [3.05, 3.63) is 88.5 Å². The van der Waals surface area contributed by atoms with Crippen LogP contribution in [0.25, 0.3) is 10.2 Å².